The predicted molar refractivity (Wildman–Crippen MR) is 56.5 cm³/mol. The van der Waals surface area contributed by atoms with Crippen molar-refractivity contribution in [3.63, 3.8) is 0 Å². The van der Waals surface area contributed by atoms with E-state index in [0.29, 0.717) is 19.6 Å². The first kappa shape index (κ1) is 12.9. The van der Waals surface area contributed by atoms with Gasteiger partial charge < -0.3 is 19.7 Å². The largest absolute Gasteiger partial charge is 0.390 e. The van der Waals surface area contributed by atoms with E-state index in [1.807, 2.05) is 6.92 Å². The molecule has 1 atom stereocenters. The standard InChI is InChI=1S/C11H22O4/c1-10(2,13)9(12)5-4-6-11(3)14-7-8-15-11/h9,12-13H,4-8H2,1-3H3. The zero-order valence-corrected chi connectivity index (χ0v) is 9.82. The summed E-state index contributed by atoms with van der Waals surface area (Å²) in [6.45, 7) is 6.43. The van der Waals surface area contributed by atoms with Gasteiger partial charge in [0.15, 0.2) is 5.79 Å². The number of hydrogen-bond donors (Lipinski definition) is 2. The molecule has 0 aromatic rings. The molecule has 15 heavy (non-hydrogen) atoms. The molecule has 2 N–H and O–H groups in total. The van der Waals surface area contributed by atoms with Crippen molar-refractivity contribution in [2.24, 2.45) is 0 Å². The lowest BCUT2D eigenvalue weighted by Crippen LogP contribution is -2.36. The van der Waals surface area contributed by atoms with Gasteiger partial charge in [-0.05, 0) is 33.6 Å². The van der Waals surface area contributed by atoms with Crippen molar-refractivity contribution in [2.75, 3.05) is 13.2 Å². The molecule has 0 aromatic carbocycles. The van der Waals surface area contributed by atoms with E-state index in [0.717, 1.165) is 12.8 Å². The molecule has 0 radical (unpaired) electrons. The summed E-state index contributed by atoms with van der Waals surface area (Å²) in [6.07, 6.45) is 1.40. The minimum Gasteiger partial charge on any atom is -0.390 e. The molecule has 1 aliphatic heterocycles. The Morgan fingerprint density at radius 1 is 1.33 bits per heavy atom. The highest BCUT2D eigenvalue weighted by Gasteiger charge is 2.31. The fourth-order valence-electron chi connectivity index (χ4n) is 1.67. The van der Waals surface area contributed by atoms with Gasteiger partial charge in [-0.1, -0.05) is 0 Å². The van der Waals surface area contributed by atoms with Gasteiger partial charge in [-0.15, -0.1) is 0 Å². The van der Waals surface area contributed by atoms with Gasteiger partial charge in [0, 0.05) is 6.42 Å². The predicted octanol–water partition coefficient (Wildman–Crippen LogP) is 1.05. The van der Waals surface area contributed by atoms with Crippen LogP contribution in [0.3, 0.4) is 0 Å². The molecule has 0 saturated carbocycles. The lowest BCUT2D eigenvalue weighted by molar-refractivity contribution is -0.149. The molecular formula is C11H22O4. The number of ether oxygens (including phenoxy) is 2. The Labute approximate surface area is 91.2 Å². The zero-order chi connectivity index (χ0) is 11.5. The van der Waals surface area contributed by atoms with Crippen LogP contribution in [0.15, 0.2) is 0 Å². The third kappa shape index (κ3) is 4.07. The topological polar surface area (TPSA) is 58.9 Å². The molecule has 0 aliphatic carbocycles. The molecule has 1 heterocycles. The van der Waals surface area contributed by atoms with Crippen LogP contribution in [-0.4, -0.2) is 40.9 Å². The van der Waals surface area contributed by atoms with Gasteiger partial charge in [-0.2, -0.15) is 0 Å². The number of aliphatic hydroxyl groups is 2. The fourth-order valence-corrected chi connectivity index (χ4v) is 1.67. The van der Waals surface area contributed by atoms with Crippen LogP contribution < -0.4 is 0 Å². The van der Waals surface area contributed by atoms with Gasteiger partial charge >= 0.3 is 0 Å². The first-order valence-corrected chi connectivity index (χ1v) is 5.52. The maximum atomic E-state index is 9.61. The van der Waals surface area contributed by atoms with Crippen molar-refractivity contribution in [3.05, 3.63) is 0 Å². The molecular weight excluding hydrogens is 196 g/mol. The van der Waals surface area contributed by atoms with E-state index in [1.54, 1.807) is 13.8 Å². The van der Waals surface area contributed by atoms with Gasteiger partial charge in [-0.3, -0.25) is 0 Å². The van der Waals surface area contributed by atoms with Crippen LogP contribution in [0.2, 0.25) is 0 Å². The summed E-state index contributed by atoms with van der Waals surface area (Å²) >= 11 is 0. The normalized spacial score (nSPS) is 23.0. The Morgan fingerprint density at radius 2 is 1.87 bits per heavy atom. The van der Waals surface area contributed by atoms with E-state index in [4.69, 9.17) is 9.47 Å². The van der Waals surface area contributed by atoms with E-state index in [2.05, 4.69) is 0 Å². The smallest absolute Gasteiger partial charge is 0.165 e. The van der Waals surface area contributed by atoms with Crippen molar-refractivity contribution in [2.45, 2.75) is 57.5 Å². The molecule has 1 fully saturated rings. The highest BCUT2D eigenvalue weighted by Crippen LogP contribution is 2.26. The fraction of sp³-hybridized carbons (Fsp3) is 1.00. The first-order valence-electron chi connectivity index (χ1n) is 5.52. The molecule has 0 amide bonds. The molecule has 0 aromatic heterocycles. The van der Waals surface area contributed by atoms with Gasteiger partial charge in [0.05, 0.1) is 24.9 Å². The van der Waals surface area contributed by atoms with E-state index < -0.39 is 17.5 Å². The van der Waals surface area contributed by atoms with Crippen LogP contribution in [0, 0.1) is 0 Å². The van der Waals surface area contributed by atoms with Crippen molar-refractivity contribution >= 4 is 0 Å². The molecule has 1 unspecified atom stereocenters. The number of rotatable bonds is 5. The summed E-state index contributed by atoms with van der Waals surface area (Å²) in [5.74, 6) is -0.487. The third-order valence-electron chi connectivity index (χ3n) is 2.82. The molecule has 0 spiro atoms. The second-order valence-electron chi connectivity index (χ2n) is 4.89. The molecule has 1 aliphatic rings. The zero-order valence-electron chi connectivity index (χ0n) is 9.82. The van der Waals surface area contributed by atoms with Crippen LogP contribution in [0.1, 0.15) is 40.0 Å². The maximum absolute atomic E-state index is 9.61. The highest BCUT2D eigenvalue weighted by atomic mass is 16.7. The van der Waals surface area contributed by atoms with Crippen molar-refractivity contribution in [1.82, 2.24) is 0 Å². The Morgan fingerprint density at radius 3 is 2.33 bits per heavy atom. The molecule has 90 valence electrons. The van der Waals surface area contributed by atoms with Crippen molar-refractivity contribution in [1.29, 1.82) is 0 Å². The van der Waals surface area contributed by atoms with Gasteiger partial charge in [0.25, 0.3) is 0 Å². The van der Waals surface area contributed by atoms with Gasteiger partial charge in [0.1, 0.15) is 0 Å². The SMILES string of the molecule is CC1(CCCC(O)C(C)(C)O)OCCO1. The minimum absolute atomic E-state index is 0.487. The quantitative estimate of drug-likeness (QED) is 0.724. The summed E-state index contributed by atoms with van der Waals surface area (Å²) in [5, 5.41) is 19.1. The van der Waals surface area contributed by atoms with Crippen molar-refractivity contribution < 1.29 is 19.7 Å². The Hall–Kier alpha value is -0.160. The highest BCUT2D eigenvalue weighted by molar-refractivity contribution is 4.77. The number of aliphatic hydroxyl groups excluding tert-OH is 1. The third-order valence-corrected chi connectivity index (χ3v) is 2.82. The summed E-state index contributed by atoms with van der Waals surface area (Å²) in [7, 11) is 0. The average molecular weight is 218 g/mol. The first-order chi connectivity index (χ1) is 6.83. The molecule has 0 bridgehead atoms. The second-order valence-corrected chi connectivity index (χ2v) is 4.89. The molecule has 1 saturated heterocycles. The van der Waals surface area contributed by atoms with Gasteiger partial charge in [0.2, 0.25) is 0 Å². The minimum atomic E-state index is -1.03. The Balaban J connectivity index is 2.21. The van der Waals surface area contributed by atoms with E-state index in [9.17, 15) is 10.2 Å². The van der Waals surface area contributed by atoms with Crippen LogP contribution in [0.25, 0.3) is 0 Å². The van der Waals surface area contributed by atoms with Crippen LogP contribution in [0.5, 0.6) is 0 Å². The Bertz CT molecular complexity index is 191. The number of hydrogen-bond acceptors (Lipinski definition) is 4. The molecule has 4 nitrogen and oxygen atoms in total. The summed E-state index contributed by atoms with van der Waals surface area (Å²) in [5.41, 5.74) is -1.03. The molecule has 4 heteroatoms. The van der Waals surface area contributed by atoms with E-state index >= 15 is 0 Å². The summed E-state index contributed by atoms with van der Waals surface area (Å²) in [6, 6.07) is 0. The lowest BCUT2D eigenvalue weighted by atomic mass is 9.96. The summed E-state index contributed by atoms with van der Waals surface area (Å²) < 4.78 is 10.9. The Kier molecular flexibility index (Phi) is 4.12. The second kappa shape index (κ2) is 4.78. The van der Waals surface area contributed by atoms with Crippen LogP contribution in [-0.2, 0) is 9.47 Å². The van der Waals surface area contributed by atoms with E-state index in [-0.39, 0.29) is 0 Å². The van der Waals surface area contributed by atoms with Crippen molar-refractivity contribution in [3.8, 4) is 0 Å². The monoisotopic (exact) mass is 218 g/mol. The average Bonchev–Trinajstić information content (AvgIpc) is 2.50. The maximum Gasteiger partial charge on any atom is 0.165 e. The van der Waals surface area contributed by atoms with Gasteiger partial charge in [-0.25, -0.2) is 0 Å². The van der Waals surface area contributed by atoms with Crippen LogP contribution >= 0.6 is 0 Å². The van der Waals surface area contributed by atoms with Crippen LogP contribution in [0.4, 0.5) is 0 Å². The van der Waals surface area contributed by atoms with E-state index in [1.165, 1.54) is 0 Å². The lowest BCUT2D eigenvalue weighted by Gasteiger charge is -2.26. The summed E-state index contributed by atoms with van der Waals surface area (Å²) in [4.78, 5) is 0. The molecule has 1 rings (SSSR count).